The van der Waals surface area contributed by atoms with E-state index in [2.05, 4.69) is 44.6 Å². The van der Waals surface area contributed by atoms with Gasteiger partial charge in [0, 0.05) is 38.9 Å². The number of aromatic nitrogens is 2. The summed E-state index contributed by atoms with van der Waals surface area (Å²) in [4.78, 5) is 9.39. The molecule has 5 heteroatoms. The van der Waals surface area contributed by atoms with E-state index in [1.165, 1.54) is 5.69 Å². The van der Waals surface area contributed by atoms with Crippen LogP contribution in [-0.2, 0) is 13.6 Å². The molecule has 1 aliphatic heterocycles. The van der Waals surface area contributed by atoms with E-state index >= 15 is 0 Å². The van der Waals surface area contributed by atoms with E-state index in [1.807, 2.05) is 7.05 Å². The number of benzene rings is 1. The van der Waals surface area contributed by atoms with Gasteiger partial charge in [-0.2, -0.15) is 0 Å². The number of piperazine rings is 1. The third-order valence-electron chi connectivity index (χ3n) is 4.01. The zero-order valence-electron chi connectivity index (χ0n) is 11.6. The summed E-state index contributed by atoms with van der Waals surface area (Å²) in [6, 6.07) is 6.52. The third-order valence-corrected chi connectivity index (χ3v) is 4.01. The maximum Gasteiger partial charge on any atom is 0.123 e. The first-order valence-corrected chi connectivity index (χ1v) is 6.78. The number of rotatable bonds is 2. The molecule has 1 aromatic carbocycles. The lowest BCUT2D eigenvalue weighted by Crippen LogP contribution is -2.44. The zero-order valence-corrected chi connectivity index (χ0v) is 11.6. The predicted molar refractivity (Wildman–Crippen MR) is 78.3 cm³/mol. The molecule has 0 atom stereocenters. The Hall–Kier alpha value is -1.59. The van der Waals surface area contributed by atoms with Crippen molar-refractivity contribution in [2.45, 2.75) is 6.54 Å². The van der Waals surface area contributed by atoms with Gasteiger partial charge >= 0.3 is 0 Å². The van der Waals surface area contributed by atoms with Crippen LogP contribution in [0.15, 0.2) is 18.2 Å². The van der Waals surface area contributed by atoms with E-state index in [9.17, 15) is 0 Å². The van der Waals surface area contributed by atoms with Gasteiger partial charge in [-0.3, -0.25) is 0 Å². The molecule has 2 heterocycles. The molecule has 3 rings (SSSR count). The minimum absolute atomic E-state index is 0.481. The van der Waals surface area contributed by atoms with Gasteiger partial charge in [0.1, 0.15) is 5.82 Å². The highest BCUT2D eigenvalue weighted by Gasteiger charge is 2.15. The van der Waals surface area contributed by atoms with Crippen molar-refractivity contribution < 1.29 is 0 Å². The lowest BCUT2D eigenvalue weighted by Gasteiger charge is -2.34. The lowest BCUT2D eigenvalue weighted by molar-refractivity contribution is 0.313. The van der Waals surface area contributed by atoms with Crippen molar-refractivity contribution >= 4 is 16.7 Å². The van der Waals surface area contributed by atoms with Gasteiger partial charge in [0.2, 0.25) is 0 Å². The molecule has 5 nitrogen and oxygen atoms in total. The van der Waals surface area contributed by atoms with Crippen LogP contribution in [0.4, 0.5) is 5.69 Å². The lowest BCUT2D eigenvalue weighted by atomic mass is 10.2. The average molecular weight is 259 g/mol. The van der Waals surface area contributed by atoms with Gasteiger partial charge < -0.3 is 20.1 Å². The van der Waals surface area contributed by atoms with E-state index in [0.29, 0.717) is 6.54 Å². The van der Waals surface area contributed by atoms with Gasteiger partial charge in [0.15, 0.2) is 0 Å². The van der Waals surface area contributed by atoms with Crippen molar-refractivity contribution in [1.29, 1.82) is 0 Å². The number of nitrogens with zero attached hydrogens (tertiary/aromatic N) is 4. The molecular formula is C14H21N5. The number of nitrogens with two attached hydrogens (primary N) is 1. The summed E-state index contributed by atoms with van der Waals surface area (Å²) in [6.07, 6.45) is 0. The number of likely N-dealkylation sites (N-methyl/N-ethyl adjacent to an activating group) is 1. The fourth-order valence-corrected chi connectivity index (χ4v) is 2.68. The fraction of sp³-hybridized carbons (Fsp3) is 0.500. The number of aryl methyl sites for hydroxylation is 1. The predicted octanol–water partition coefficient (Wildman–Crippen LogP) is 0.784. The van der Waals surface area contributed by atoms with Gasteiger partial charge in [-0.05, 0) is 25.2 Å². The fourth-order valence-electron chi connectivity index (χ4n) is 2.68. The number of anilines is 1. The molecular weight excluding hydrogens is 238 g/mol. The topological polar surface area (TPSA) is 50.3 Å². The Labute approximate surface area is 113 Å². The van der Waals surface area contributed by atoms with Crippen LogP contribution < -0.4 is 10.6 Å². The normalized spacial score (nSPS) is 17.3. The maximum atomic E-state index is 5.71. The van der Waals surface area contributed by atoms with E-state index < -0.39 is 0 Å². The Kier molecular flexibility index (Phi) is 3.16. The highest BCUT2D eigenvalue weighted by molar-refractivity contribution is 5.80. The second kappa shape index (κ2) is 4.83. The first-order valence-electron chi connectivity index (χ1n) is 6.78. The van der Waals surface area contributed by atoms with Gasteiger partial charge in [0.05, 0.1) is 17.6 Å². The summed E-state index contributed by atoms with van der Waals surface area (Å²) in [6.45, 7) is 4.88. The molecule has 0 aliphatic carbocycles. The van der Waals surface area contributed by atoms with Gasteiger partial charge in [-0.25, -0.2) is 4.98 Å². The molecule has 2 N–H and O–H groups in total. The molecule has 0 saturated carbocycles. The van der Waals surface area contributed by atoms with Crippen molar-refractivity contribution in [1.82, 2.24) is 14.5 Å². The van der Waals surface area contributed by atoms with Crippen LogP contribution in [0.1, 0.15) is 5.82 Å². The molecule has 1 aliphatic rings. The molecule has 0 bridgehead atoms. The summed E-state index contributed by atoms with van der Waals surface area (Å²) in [7, 11) is 4.19. The summed E-state index contributed by atoms with van der Waals surface area (Å²) in [5, 5.41) is 0. The molecule has 1 saturated heterocycles. The zero-order chi connectivity index (χ0) is 13.4. The second-order valence-electron chi connectivity index (χ2n) is 5.25. The molecule has 1 fully saturated rings. The molecule has 0 amide bonds. The summed E-state index contributed by atoms with van der Waals surface area (Å²) < 4.78 is 2.07. The van der Waals surface area contributed by atoms with Crippen LogP contribution in [-0.4, -0.2) is 47.7 Å². The number of fused-ring (bicyclic) bond motifs is 1. The van der Waals surface area contributed by atoms with Gasteiger partial charge in [0.25, 0.3) is 0 Å². The largest absolute Gasteiger partial charge is 0.369 e. The van der Waals surface area contributed by atoms with Crippen molar-refractivity contribution in [2.75, 3.05) is 38.1 Å². The highest BCUT2D eigenvalue weighted by Crippen LogP contribution is 2.23. The minimum atomic E-state index is 0.481. The van der Waals surface area contributed by atoms with Crippen LogP contribution in [0.2, 0.25) is 0 Å². The molecule has 2 aromatic rings. The van der Waals surface area contributed by atoms with Crippen LogP contribution >= 0.6 is 0 Å². The first-order chi connectivity index (χ1) is 9.19. The monoisotopic (exact) mass is 259 g/mol. The summed E-state index contributed by atoms with van der Waals surface area (Å²) in [5.41, 5.74) is 9.17. The summed E-state index contributed by atoms with van der Waals surface area (Å²) in [5.74, 6) is 0.936. The Morgan fingerprint density at radius 3 is 2.58 bits per heavy atom. The SMILES string of the molecule is CN1CCN(c2ccc3c(c2)nc(CN)n3C)CC1. The molecule has 19 heavy (non-hydrogen) atoms. The van der Waals surface area contributed by atoms with Crippen molar-refractivity contribution in [3.05, 3.63) is 24.0 Å². The average Bonchev–Trinajstić information content (AvgIpc) is 2.76. The Morgan fingerprint density at radius 2 is 1.89 bits per heavy atom. The molecule has 1 aromatic heterocycles. The highest BCUT2D eigenvalue weighted by atomic mass is 15.2. The molecule has 0 unspecified atom stereocenters. The quantitative estimate of drug-likeness (QED) is 0.866. The maximum absolute atomic E-state index is 5.71. The van der Waals surface area contributed by atoms with E-state index in [1.54, 1.807) is 0 Å². The number of hydrogen-bond donors (Lipinski definition) is 1. The number of hydrogen-bond acceptors (Lipinski definition) is 4. The van der Waals surface area contributed by atoms with Crippen LogP contribution in [0.3, 0.4) is 0 Å². The van der Waals surface area contributed by atoms with Gasteiger partial charge in [-0.15, -0.1) is 0 Å². The Bertz CT molecular complexity index is 581. The molecule has 102 valence electrons. The minimum Gasteiger partial charge on any atom is -0.369 e. The Morgan fingerprint density at radius 1 is 1.16 bits per heavy atom. The standard InChI is InChI=1S/C14H21N5/c1-17-5-7-19(8-6-17)11-3-4-13-12(9-11)16-14(10-15)18(13)2/h3-4,9H,5-8,10,15H2,1-2H3. The van der Waals surface area contributed by atoms with Gasteiger partial charge in [-0.1, -0.05) is 0 Å². The first kappa shape index (κ1) is 12.4. The van der Waals surface area contributed by atoms with Crippen molar-refractivity contribution in [3.63, 3.8) is 0 Å². The smallest absolute Gasteiger partial charge is 0.123 e. The van der Waals surface area contributed by atoms with Crippen LogP contribution in [0.25, 0.3) is 11.0 Å². The molecule has 0 radical (unpaired) electrons. The van der Waals surface area contributed by atoms with Crippen LogP contribution in [0.5, 0.6) is 0 Å². The molecule has 0 spiro atoms. The third kappa shape index (κ3) is 2.19. The van der Waals surface area contributed by atoms with E-state index in [0.717, 1.165) is 43.0 Å². The van der Waals surface area contributed by atoms with Crippen molar-refractivity contribution in [3.8, 4) is 0 Å². The second-order valence-corrected chi connectivity index (χ2v) is 5.25. The van der Waals surface area contributed by atoms with Crippen LogP contribution in [0, 0.1) is 0 Å². The number of imidazole rings is 1. The Balaban J connectivity index is 1.93. The van der Waals surface area contributed by atoms with Crippen molar-refractivity contribution in [2.24, 2.45) is 12.8 Å². The summed E-state index contributed by atoms with van der Waals surface area (Å²) >= 11 is 0. The van der Waals surface area contributed by atoms with E-state index in [-0.39, 0.29) is 0 Å². The van der Waals surface area contributed by atoms with E-state index in [4.69, 9.17) is 5.73 Å².